The lowest BCUT2D eigenvalue weighted by atomic mass is 9.99. The van der Waals surface area contributed by atoms with E-state index in [1.54, 1.807) is 6.07 Å². The molecule has 0 unspecified atom stereocenters. The van der Waals surface area contributed by atoms with Gasteiger partial charge < -0.3 is 14.8 Å². The predicted octanol–water partition coefficient (Wildman–Crippen LogP) is 2.74. The van der Waals surface area contributed by atoms with E-state index in [2.05, 4.69) is 5.32 Å². The van der Waals surface area contributed by atoms with Crippen LogP contribution in [0.3, 0.4) is 0 Å². The molecule has 1 saturated carbocycles. The Kier molecular flexibility index (Phi) is 3.74. The number of halogens is 1. The Morgan fingerprint density at radius 2 is 2.00 bits per heavy atom. The molecule has 1 fully saturated rings. The number of ether oxygens (including phenoxy) is 2. The number of fused-ring (bicyclic) bond motifs is 1. The number of alkyl halides is 1. The number of carbonyl (C=O) groups excluding carboxylic acids is 1. The summed E-state index contributed by atoms with van der Waals surface area (Å²) in [5.41, 5.74) is 0.259. The summed E-state index contributed by atoms with van der Waals surface area (Å²) in [6.07, 6.45) is 4.10. The molecule has 5 heteroatoms. The zero-order valence-electron chi connectivity index (χ0n) is 11.3. The molecule has 1 N–H and O–H groups in total. The number of nitrogens with one attached hydrogen (secondary N) is 1. The third-order valence-electron chi connectivity index (χ3n) is 4.01. The molecule has 0 spiro atoms. The van der Waals surface area contributed by atoms with E-state index in [1.165, 1.54) is 0 Å². The van der Waals surface area contributed by atoms with Crippen molar-refractivity contribution in [3.63, 3.8) is 0 Å². The molecular formula is C15H18ClNO3. The molecule has 1 aliphatic carbocycles. The number of benzene rings is 1. The van der Waals surface area contributed by atoms with Gasteiger partial charge in [0.05, 0.1) is 11.1 Å². The molecule has 108 valence electrons. The molecule has 0 bridgehead atoms. The van der Waals surface area contributed by atoms with E-state index in [9.17, 15) is 4.79 Å². The van der Waals surface area contributed by atoms with Gasteiger partial charge in [0.2, 0.25) is 0 Å². The molecule has 4 nitrogen and oxygen atoms in total. The second kappa shape index (κ2) is 5.52. The first-order valence-electron chi connectivity index (χ1n) is 7.01. The molecule has 20 heavy (non-hydrogen) atoms. The van der Waals surface area contributed by atoms with E-state index in [0.717, 1.165) is 25.7 Å². The predicted molar refractivity (Wildman–Crippen MR) is 76.8 cm³/mol. The van der Waals surface area contributed by atoms with Crippen LogP contribution in [0.2, 0.25) is 0 Å². The normalized spacial score (nSPS) is 19.6. The van der Waals surface area contributed by atoms with E-state index < -0.39 is 0 Å². The highest BCUT2D eigenvalue weighted by molar-refractivity contribution is 6.19. The van der Waals surface area contributed by atoms with Gasteiger partial charge in [0.25, 0.3) is 5.91 Å². The molecule has 1 aliphatic heterocycles. The third kappa shape index (κ3) is 2.44. The van der Waals surface area contributed by atoms with E-state index >= 15 is 0 Å². The number of para-hydroxylation sites is 1. The number of hydrogen-bond acceptors (Lipinski definition) is 3. The molecule has 0 radical (unpaired) electrons. The van der Waals surface area contributed by atoms with Crippen molar-refractivity contribution in [3.05, 3.63) is 23.8 Å². The Morgan fingerprint density at radius 1 is 1.25 bits per heavy atom. The fourth-order valence-corrected chi connectivity index (χ4v) is 3.24. The zero-order chi connectivity index (χ0) is 14.0. The summed E-state index contributed by atoms with van der Waals surface area (Å²) >= 11 is 6.07. The van der Waals surface area contributed by atoms with Crippen LogP contribution in [0.25, 0.3) is 0 Å². The minimum Gasteiger partial charge on any atom is -0.486 e. The summed E-state index contributed by atoms with van der Waals surface area (Å²) in [5, 5.41) is 3.10. The molecule has 0 aromatic heterocycles. The Bertz CT molecular complexity index is 512. The van der Waals surface area contributed by atoms with Gasteiger partial charge in [-0.3, -0.25) is 4.79 Å². The van der Waals surface area contributed by atoms with Gasteiger partial charge >= 0.3 is 0 Å². The van der Waals surface area contributed by atoms with Gasteiger partial charge in [-0.1, -0.05) is 18.9 Å². The van der Waals surface area contributed by atoms with Crippen molar-refractivity contribution in [1.29, 1.82) is 0 Å². The lowest BCUT2D eigenvalue weighted by molar-refractivity contribution is 0.0898. The van der Waals surface area contributed by atoms with E-state index in [-0.39, 0.29) is 11.4 Å². The molecule has 1 amide bonds. The highest BCUT2D eigenvalue weighted by Crippen LogP contribution is 2.35. The van der Waals surface area contributed by atoms with Gasteiger partial charge in [0.15, 0.2) is 11.5 Å². The summed E-state index contributed by atoms with van der Waals surface area (Å²) < 4.78 is 11.1. The second-order valence-corrected chi connectivity index (χ2v) is 5.67. The van der Waals surface area contributed by atoms with Crippen molar-refractivity contribution < 1.29 is 14.3 Å². The van der Waals surface area contributed by atoms with Crippen molar-refractivity contribution >= 4 is 17.5 Å². The third-order valence-corrected chi connectivity index (χ3v) is 4.52. The first kappa shape index (κ1) is 13.6. The van der Waals surface area contributed by atoms with Crippen molar-refractivity contribution in [2.45, 2.75) is 31.2 Å². The Morgan fingerprint density at radius 3 is 2.75 bits per heavy atom. The lowest BCUT2D eigenvalue weighted by Crippen LogP contribution is -2.48. The van der Waals surface area contributed by atoms with Crippen LogP contribution < -0.4 is 14.8 Å². The number of hydrogen-bond donors (Lipinski definition) is 1. The molecule has 2 aliphatic rings. The van der Waals surface area contributed by atoms with Crippen molar-refractivity contribution in [2.24, 2.45) is 0 Å². The summed E-state index contributed by atoms with van der Waals surface area (Å²) in [7, 11) is 0. The van der Waals surface area contributed by atoms with Crippen LogP contribution in [0.4, 0.5) is 0 Å². The summed E-state index contributed by atoms with van der Waals surface area (Å²) in [4.78, 5) is 12.5. The standard InChI is InChI=1S/C15H18ClNO3/c16-10-15(6-1-2-7-15)17-14(18)11-4-3-5-12-13(11)20-9-8-19-12/h3-5H,1-2,6-10H2,(H,17,18). The maximum absolute atomic E-state index is 12.5. The number of amides is 1. The van der Waals surface area contributed by atoms with E-state index in [1.807, 2.05) is 12.1 Å². The van der Waals surface area contributed by atoms with Crippen LogP contribution in [0.1, 0.15) is 36.0 Å². The SMILES string of the molecule is O=C(NC1(CCl)CCCC1)c1cccc2c1OCCO2. The summed E-state index contributed by atoms with van der Waals surface area (Å²) in [5.74, 6) is 1.50. The maximum atomic E-state index is 12.5. The first-order chi connectivity index (χ1) is 9.74. The van der Waals surface area contributed by atoms with Crippen molar-refractivity contribution in [1.82, 2.24) is 5.32 Å². The average Bonchev–Trinajstić information content (AvgIpc) is 2.95. The molecule has 1 heterocycles. The first-order valence-corrected chi connectivity index (χ1v) is 7.55. The van der Waals surface area contributed by atoms with Crippen molar-refractivity contribution in [2.75, 3.05) is 19.1 Å². The van der Waals surface area contributed by atoms with Gasteiger partial charge in [-0.15, -0.1) is 11.6 Å². The smallest absolute Gasteiger partial charge is 0.255 e. The van der Waals surface area contributed by atoms with Gasteiger partial charge in [0.1, 0.15) is 13.2 Å². The van der Waals surface area contributed by atoms with Crippen LogP contribution in [0, 0.1) is 0 Å². The largest absolute Gasteiger partial charge is 0.486 e. The fraction of sp³-hybridized carbons (Fsp3) is 0.533. The van der Waals surface area contributed by atoms with Crippen LogP contribution in [0.5, 0.6) is 11.5 Å². The quantitative estimate of drug-likeness (QED) is 0.872. The molecular weight excluding hydrogens is 278 g/mol. The molecule has 0 saturated heterocycles. The lowest BCUT2D eigenvalue weighted by Gasteiger charge is -2.29. The minimum absolute atomic E-state index is 0.130. The molecule has 1 aromatic rings. The van der Waals surface area contributed by atoms with Crippen LogP contribution in [-0.4, -0.2) is 30.5 Å². The highest BCUT2D eigenvalue weighted by Gasteiger charge is 2.35. The Hall–Kier alpha value is -1.42. The van der Waals surface area contributed by atoms with Gasteiger partial charge in [-0.05, 0) is 25.0 Å². The van der Waals surface area contributed by atoms with E-state index in [0.29, 0.717) is 36.2 Å². The van der Waals surface area contributed by atoms with Gasteiger partial charge in [-0.2, -0.15) is 0 Å². The second-order valence-electron chi connectivity index (χ2n) is 5.40. The van der Waals surface area contributed by atoms with E-state index in [4.69, 9.17) is 21.1 Å². The molecule has 1 aromatic carbocycles. The maximum Gasteiger partial charge on any atom is 0.255 e. The average molecular weight is 296 g/mol. The number of rotatable bonds is 3. The summed E-state index contributed by atoms with van der Waals surface area (Å²) in [6, 6.07) is 5.39. The Labute approximate surface area is 123 Å². The topological polar surface area (TPSA) is 47.6 Å². The fourth-order valence-electron chi connectivity index (χ4n) is 2.90. The Balaban J connectivity index is 1.84. The monoisotopic (exact) mass is 295 g/mol. The molecule has 3 rings (SSSR count). The highest BCUT2D eigenvalue weighted by atomic mass is 35.5. The van der Waals surface area contributed by atoms with Crippen LogP contribution in [-0.2, 0) is 0 Å². The van der Waals surface area contributed by atoms with Crippen LogP contribution >= 0.6 is 11.6 Å². The zero-order valence-corrected chi connectivity index (χ0v) is 12.0. The van der Waals surface area contributed by atoms with Crippen LogP contribution in [0.15, 0.2) is 18.2 Å². The van der Waals surface area contributed by atoms with Gasteiger partial charge in [-0.25, -0.2) is 0 Å². The number of carbonyl (C=O) groups is 1. The van der Waals surface area contributed by atoms with Gasteiger partial charge in [0, 0.05) is 5.88 Å². The summed E-state index contributed by atoms with van der Waals surface area (Å²) in [6.45, 7) is 0.988. The molecule has 0 atom stereocenters. The van der Waals surface area contributed by atoms with Crippen molar-refractivity contribution in [3.8, 4) is 11.5 Å². The minimum atomic E-state index is -0.267.